The molecule has 0 atom stereocenters. The Kier molecular flexibility index (Phi) is 3.93. The van der Waals surface area contributed by atoms with Crippen LogP contribution in [-0.4, -0.2) is 51.9 Å². The summed E-state index contributed by atoms with van der Waals surface area (Å²) in [7, 11) is 0. The number of ether oxygens (including phenoxy) is 1. The molecule has 0 spiro atoms. The lowest BCUT2D eigenvalue weighted by Crippen LogP contribution is -2.40. The maximum Gasteiger partial charge on any atom is 0.254 e. The second-order valence-electron chi connectivity index (χ2n) is 5.96. The van der Waals surface area contributed by atoms with E-state index in [1.807, 2.05) is 6.92 Å². The molecule has 25 heavy (non-hydrogen) atoms. The van der Waals surface area contributed by atoms with Gasteiger partial charge in [0.05, 0.1) is 30.4 Å². The van der Waals surface area contributed by atoms with Crippen molar-refractivity contribution in [3.05, 3.63) is 53.6 Å². The normalized spacial score (nSPS) is 14.9. The molecule has 0 radical (unpaired) electrons. The molecule has 0 N–H and O–H groups in total. The first-order chi connectivity index (χ1) is 12.1. The average molecular weight is 340 g/mol. The van der Waals surface area contributed by atoms with Crippen LogP contribution in [0.2, 0.25) is 0 Å². The van der Waals surface area contributed by atoms with E-state index in [9.17, 15) is 9.18 Å². The van der Waals surface area contributed by atoms with Crippen molar-refractivity contribution in [2.75, 3.05) is 26.3 Å². The Labute approximate surface area is 143 Å². The third kappa shape index (κ3) is 2.76. The van der Waals surface area contributed by atoms with Gasteiger partial charge in [-0.25, -0.2) is 14.1 Å². The van der Waals surface area contributed by atoms with Crippen LogP contribution in [0.15, 0.2) is 36.5 Å². The highest BCUT2D eigenvalue weighted by molar-refractivity contribution is 6.05. The summed E-state index contributed by atoms with van der Waals surface area (Å²) in [5, 5.41) is 4.89. The third-order valence-electron chi connectivity index (χ3n) is 4.28. The molecule has 4 rings (SSSR count). The van der Waals surface area contributed by atoms with E-state index in [4.69, 9.17) is 4.74 Å². The Bertz CT molecular complexity index is 947. The number of hydrogen-bond donors (Lipinski definition) is 0. The van der Waals surface area contributed by atoms with Crippen LogP contribution < -0.4 is 0 Å². The Morgan fingerprint density at radius 2 is 2.00 bits per heavy atom. The van der Waals surface area contributed by atoms with Crippen LogP contribution in [0.4, 0.5) is 4.39 Å². The standard InChI is InChI=1S/C18H17FN4O2/c1-12-10-13(18(24)22-6-8-25-9-7-22)14-11-20-23(17(14)21-12)16-5-3-2-4-15(16)19/h2-5,10-11H,6-9H2,1H3. The van der Waals surface area contributed by atoms with Crippen molar-refractivity contribution in [1.29, 1.82) is 0 Å². The minimum Gasteiger partial charge on any atom is -0.378 e. The van der Waals surface area contributed by atoms with Gasteiger partial charge in [0.1, 0.15) is 11.5 Å². The number of fused-ring (bicyclic) bond motifs is 1. The lowest BCUT2D eigenvalue weighted by atomic mass is 10.1. The van der Waals surface area contributed by atoms with Gasteiger partial charge >= 0.3 is 0 Å². The number of hydrogen-bond acceptors (Lipinski definition) is 4. The second-order valence-corrected chi connectivity index (χ2v) is 5.96. The number of nitrogens with zero attached hydrogens (tertiary/aromatic N) is 4. The summed E-state index contributed by atoms with van der Waals surface area (Å²) in [5.74, 6) is -0.469. The van der Waals surface area contributed by atoms with Crippen molar-refractivity contribution >= 4 is 16.9 Å². The minimum atomic E-state index is -0.392. The molecule has 0 bridgehead atoms. The highest BCUT2D eigenvalue weighted by atomic mass is 19.1. The number of benzene rings is 1. The number of carbonyl (C=O) groups is 1. The monoisotopic (exact) mass is 340 g/mol. The van der Waals surface area contributed by atoms with Crippen molar-refractivity contribution in [1.82, 2.24) is 19.7 Å². The number of amides is 1. The minimum absolute atomic E-state index is 0.0770. The number of halogens is 1. The Morgan fingerprint density at radius 1 is 1.24 bits per heavy atom. The fraction of sp³-hybridized carbons (Fsp3) is 0.278. The van der Waals surface area contributed by atoms with Gasteiger partial charge in [0, 0.05) is 18.8 Å². The smallest absolute Gasteiger partial charge is 0.254 e. The molecule has 1 aromatic carbocycles. The summed E-state index contributed by atoms with van der Waals surface area (Å²) in [5.41, 5.74) is 2.00. The van der Waals surface area contributed by atoms with Gasteiger partial charge in [-0.15, -0.1) is 0 Å². The first-order valence-corrected chi connectivity index (χ1v) is 8.12. The molecule has 0 aliphatic carbocycles. The van der Waals surface area contributed by atoms with Gasteiger partial charge in [-0.3, -0.25) is 4.79 Å². The van der Waals surface area contributed by atoms with Crippen molar-refractivity contribution in [2.24, 2.45) is 0 Å². The largest absolute Gasteiger partial charge is 0.378 e. The van der Waals surface area contributed by atoms with Crippen LogP contribution in [0.1, 0.15) is 16.1 Å². The van der Waals surface area contributed by atoms with Crippen LogP contribution in [0.25, 0.3) is 16.7 Å². The highest BCUT2D eigenvalue weighted by Crippen LogP contribution is 2.24. The molecule has 1 amide bonds. The van der Waals surface area contributed by atoms with E-state index in [0.29, 0.717) is 54.3 Å². The summed E-state index contributed by atoms with van der Waals surface area (Å²) in [4.78, 5) is 19.2. The number of rotatable bonds is 2. The van der Waals surface area contributed by atoms with Gasteiger partial charge in [-0.2, -0.15) is 5.10 Å². The SMILES string of the molecule is Cc1cc(C(=O)N2CCOCC2)c2cnn(-c3ccccc3F)c2n1. The van der Waals surface area contributed by atoms with Gasteiger partial charge in [-0.1, -0.05) is 12.1 Å². The quantitative estimate of drug-likeness (QED) is 0.718. The fourth-order valence-electron chi connectivity index (χ4n) is 3.04. The molecule has 0 saturated carbocycles. The first-order valence-electron chi connectivity index (χ1n) is 8.12. The van der Waals surface area contributed by atoms with Gasteiger partial charge in [-0.05, 0) is 25.1 Å². The van der Waals surface area contributed by atoms with E-state index >= 15 is 0 Å². The van der Waals surface area contributed by atoms with Crippen molar-refractivity contribution < 1.29 is 13.9 Å². The lowest BCUT2D eigenvalue weighted by molar-refractivity contribution is 0.0304. The molecule has 2 aromatic heterocycles. The number of aryl methyl sites for hydroxylation is 1. The van der Waals surface area contributed by atoms with Crippen LogP contribution in [0.5, 0.6) is 0 Å². The molecule has 3 heterocycles. The van der Waals surface area contributed by atoms with Crippen molar-refractivity contribution in [3.8, 4) is 5.69 Å². The zero-order chi connectivity index (χ0) is 17.4. The van der Waals surface area contributed by atoms with Gasteiger partial charge in [0.2, 0.25) is 0 Å². The lowest BCUT2D eigenvalue weighted by Gasteiger charge is -2.27. The van der Waals surface area contributed by atoms with E-state index < -0.39 is 5.82 Å². The van der Waals surface area contributed by atoms with Crippen LogP contribution in [0.3, 0.4) is 0 Å². The highest BCUT2D eigenvalue weighted by Gasteiger charge is 2.23. The van der Waals surface area contributed by atoms with Gasteiger partial charge in [0.25, 0.3) is 5.91 Å². The Hall–Kier alpha value is -2.80. The number of para-hydroxylation sites is 1. The summed E-state index contributed by atoms with van der Waals surface area (Å²) in [6.07, 6.45) is 1.57. The fourth-order valence-corrected chi connectivity index (χ4v) is 3.04. The molecule has 1 aliphatic heterocycles. The molecular formula is C18H17FN4O2. The molecule has 128 valence electrons. The van der Waals surface area contributed by atoms with E-state index in [2.05, 4.69) is 10.1 Å². The van der Waals surface area contributed by atoms with Crippen molar-refractivity contribution in [2.45, 2.75) is 6.92 Å². The predicted molar refractivity (Wildman–Crippen MR) is 90.3 cm³/mol. The molecular weight excluding hydrogens is 323 g/mol. The number of pyridine rings is 1. The molecule has 1 saturated heterocycles. The van der Waals surface area contributed by atoms with E-state index in [0.717, 1.165) is 0 Å². The zero-order valence-corrected chi connectivity index (χ0v) is 13.8. The number of carbonyl (C=O) groups excluding carboxylic acids is 1. The predicted octanol–water partition coefficient (Wildman–Crippen LogP) is 2.34. The van der Waals surface area contributed by atoms with Gasteiger partial charge < -0.3 is 9.64 Å². The summed E-state index contributed by atoms with van der Waals surface area (Å²) in [6.45, 7) is 4.00. The second kappa shape index (κ2) is 6.25. The topological polar surface area (TPSA) is 60.3 Å². The number of aromatic nitrogens is 3. The summed E-state index contributed by atoms with van der Waals surface area (Å²) in [6, 6.07) is 8.12. The first kappa shape index (κ1) is 15.7. The molecule has 3 aromatic rings. The maximum atomic E-state index is 14.2. The molecule has 1 fully saturated rings. The van der Waals surface area contributed by atoms with Crippen LogP contribution in [-0.2, 0) is 4.74 Å². The molecule has 1 aliphatic rings. The summed E-state index contributed by atoms with van der Waals surface area (Å²) >= 11 is 0. The number of morpholine rings is 1. The van der Waals surface area contributed by atoms with E-state index in [-0.39, 0.29) is 5.91 Å². The molecule has 0 unspecified atom stereocenters. The van der Waals surface area contributed by atoms with E-state index in [1.54, 1.807) is 35.4 Å². The molecule has 6 nitrogen and oxygen atoms in total. The Balaban J connectivity index is 1.84. The van der Waals surface area contributed by atoms with Crippen LogP contribution in [0, 0.1) is 12.7 Å². The van der Waals surface area contributed by atoms with E-state index in [1.165, 1.54) is 10.7 Å². The molecule has 7 heteroatoms. The van der Waals surface area contributed by atoms with Gasteiger partial charge in [0.15, 0.2) is 5.65 Å². The average Bonchev–Trinajstić information content (AvgIpc) is 3.05. The Morgan fingerprint density at radius 3 is 2.76 bits per heavy atom. The maximum absolute atomic E-state index is 14.2. The van der Waals surface area contributed by atoms with Crippen LogP contribution >= 0.6 is 0 Å². The summed E-state index contributed by atoms with van der Waals surface area (Å²) < 4.78 is 20.9. The third-order valence-corrected chi connectivity index (χ3v) is 4.28. The zero-order valence-electron chi connectivity index (χ0n) is 13.8. The van der Waals surface area contributed by atoms with Crippen molar-refractivity contribution in [3.63, 3.8) is 0 Å².